The van der Waals surface area contributed by atoms with Crippen LogP contribution in [0.3, 0.4) is 0 Å². The molecule has 0 aliphatic carbocycles. The lowest BCUT2D eigenvalue weighted by Gasteiger charge is -2.03. The smallest absolute Gasteiger partial charge is 0.0517 e. The molecule has 3 heteroatoms. The molecule has 0 radical (unpaired) electrons. The normalized spacial score (nSPS) is 11.1. The first-order valence-electron chi connectivity index (χ1n) is 6.99. The van der Waals surface area contributed by atoms with Crippen molar-refractivity contribution in [2.75, 3.05) is 27.4 Å². The third-order valence-electron chi connectivity index (χ3n) is 3.23. The summed E-state index contributed by atoms with van der Waals surface area (Å²) in [7, 11) is 3.50. The van der Waals surface area contributed by atoms with Gasteiger partial charge in [0, 0.05) is 38.4 Å². The van der Waals surface area contributed by atoms with Crippen LogP contribution in [0, 0.1) is 0 Å². The molecule has 0 aliphatic heterocycles. The van der Waals surface area contributed by atoms with Crippen LogP contribution in [0.5, 0.6) is 0 Å². The standard InChI is InChI=1S/C15H27NO2/c1-4-5-6-7-13-12-14(8-10-17-2)16-15(13)9-11-18-3/h12,16H,4-11H2,1-3H3. The van der Waals surface area contributed by atoms with Crippen LogP contribution in [-0.2, 0) is 28.7 Å². The van der Waals surface area contributed by atoms with E-state index in [1.54, 1.807) is 14.2 Å². The Morgan fingerprint density at radius 1 is 1.00 bits per heavy atom. The molecule has 1 heterocycles. The van der Waals surface area contributed by atoms with Crippen LogP contribution in [0.15, 0.2) is 6.07 Å². The molecule has 0 saturated carbocycles. The summed E-state index contributed by atoms with van der Waals surface area (Å²) in [4.78, 5) is 3.52. The first-order chi connectivity index (χ1) is 8.81. The zero-order valence-corrected chi connectivity index (χ0v) is 12.1. The molecule has 1 rings (SSSR count). The maximum Gasteiger partial charge on any atom is 0.0517 e. The number of rotatable bonds is 10. The van der Waals surface area contributed by atoms with Crippen LogP contribution in [-0.4, -0.2) is 32.4 Å². The fourth-order valence-electron chi connectivity index (χ4n) is 2.17. The molecule has 0 unspecified atom stereocenters. The molecule has 0 aromatic carbocycles. The lowest BCUT2D eigenvalue weighted by Crippen LogP contribution is -1.99. The predicted octanol–water partition coefficient (Wildman–Crippen LogP) is 3.13. The molecular formula is C15H27NO2. The molecule has 1 N–H and O–H groups in total. The monoisotopic (exact) mass is 253 g/mol. The van der Waals surface area contributed by atoms with Gasteiger partial charge in [-0.1, -0.05) is 19.8 Å². The van der Waals surface area contributed by atoms with Crippen molar-refractivity contribution in [3.05, 3.63) is 23.0 Å². The van der Waals surface area contributed by atoms with Gasteiger partial charge in [-0.3, -0.25) is 0 Å². The quantitative estimate of drug-likeness (QED) is 0.650. The van der Waals surface area contributed by atoms with E-state index >= 15 is 0 Å². The molecule has 3 nitrogen and oxygen atoms in total. The third-order valence-corrected chi connectivity index (χ3v) is 3.23. The average Bonchev–Trinajstić information content (AvgIpc) is 2.77. The summed E-state index contributed by atoms with van der Waals surface area (Å²) in [5, 5.41) is 0. The van der Waals surface area contributed by atoms with Crippen molar-refractivity contribution in [2.24, 2.45) is 0 Å². The Hall–Kier alpha value is -0.800. The van der Waals surface area contributed by atoms with E-state index in [1.165, 1.54) is 42.6 Å². The summed E-state index contributed by atoms with van der Waals surface area (Å²) in [6, 6.07) is 2.31. The fourth-order valence-corrected chi connectivity index (χ4v) is 2.17. The van der Waals surface area contributed by atoms with Crippen LogP contribution in [0.2, 0.25) is 0 Å². The fraction of sp³-hybridized carbons (Fsp3) is 0.733. The van der Waals surface area contributed by atoms with E-state index in [0.717, 1.165) is 26.1 Å². The topological polar surface area (TPSA) is 34.2 Å². The number of methoxy groups -OCH3 is 2. The Balaban J connectivity index is 2.60. The lowest BCUT2D eigenvalue weighted by atomic mass is 10.1. The number of hydrogen-bond acceptors (Lipinski definition) is 2. The Morgan fingerprint density at radius 2 is 1.72 bits per heavy atom. The van der Waals surface area contributed by atoms with E-state index in [-0.39, 0.29) is 0 Å². The Bertz CT molecular complexity index is 320. The van der Waals surface area contributed by atoms with Gasteiger partial charge in [0.2, 0.25) is 0 Å². The number of aromatic nitrogens is 1. The highest BCUT2D eigenvalue weighted by molar-refractivity contribution is 5.26. The second-order valence-electron chi connectivity index (χ2n) is 4.74. The van der Waals surface area contributed by atoms with Crippen molar-refractivity contribution in [3.63, 3.8) is 0 Å². The molecule has 0 spiro atoms. The molecule has 104 valence electrons. The number of nitrogens with one attached hydrogen (secondary N) is 1. The molecule has 1 aromatic heterocycles. The van der Waals surface area contributed by atoms with Crippen molar-refractivity contribution < 1.29 is 9.47 Å². The second-order valence-corrected chi connectivity index (χ2v) is 4.74. The number of ether oxygens (including phenoxy) is 2. The van der Waals surface area contributed by atoms with Gasteiger partial charge in [0.1, 0.15) is 0 Å². The van der Waals surface area contributed by atoms with Gasteiger partial charge in [-0.25, -0.2) is 0 Å². The predicted molar refractivity (Wildman–Crippen MR) is 75.2 cm³/mol. The number of aromatic amines is 1. The molecule has 1 aromatic rings. The minimum atomic E-state index is 0.776. The summed E-state index contributed by atoms with van der Waals surface area (Å²) in [6.45, 7) is 3.80. The Labute approximate surface area is 111 Å². The van der Waals surface area contributed by atoms with Gasteiger partial charge in [-0.05, 0) is 24.5 Å². The van der Waals surface area contributed by atoms with E-state index in [2.05, 4.69) is 18.0 Å². The SMILES string of the molecule is CCCCCc1cc(CCOC)[nH]c1CCOC. The number of aryl methyl sites for hydroxylation is 1. The molecular weight excluding hydrogens is 226 g/mol. The second kappa shape index (κ2) is 9.17. The zero-order valence-electron chi connectivity index (χ0n) is 12.1. The molecule has 18 heavy (non-hydrogen) atoms. The van der Waals surface area contributed by atoms with E-state index < -0.39 is 0 Å². The Kier molecular flexibility index (Phi) is 7.78. The average molecular weight is 253 g/mol. The van der Waals surface area contributed by atoms with Crippen LogP contribution < -0.4 is 0 Å². The van der Waals surface area contributed by atoms with Crippen molar-refractivity contribution in [1.82, 2.24) is 4.98 Å². The third kappa shape index (κ3) is 5.23. The first kappa shape index (κ1) is 15.3. The van der Waals surface area contributed by atoms with Gasteiger partial charge >= 0.3 is 0 Å². The number of hydrogen-bond donors (Lipinski definition) is 1. The molecule has 0 amide bonds. The van der Waals surface area contributed by atoms with Gasteiger partial charge in [-0.2, -0.15) is 0 Å². The lowest BCUT2D eigenvalue weighted by molar-refractivity contribution is 0.200. The van der Waals surface area contributed by atoms with E-state index in [9.17, 15) is 0 Å². The van der Waals surface area contributed by atoms with Crippen molar-refractivity contribution in [1.29, 1.82) is 0 Å². The first-order valence-corrected chi connectivity index (χ1v) is 6.99. The highest BCUT2D eigenvalue weighted by Gasteiger charge is 2.07. The van der Waals surface area contributed by atoms with Gasteiger partial charge in [-0.15, -0.1) is 0 Å². The summed E-state index contributed by atoms with van der Waals surface area (Å²) in [6.07, 6.45) is 6.97. The molecule has 0 fully saturated rings. The minimum Gasteiger partial charge on any atom is -0.384 e. The van der Waals surface area contributed by atoms with Crippen molar-refractivity contribution in [2.45, 2.75) is 45.4 Å². The summed E-state index contributed by atoms with van der Waals surface area (Å²) >= 11 is 0. The van der Waals surface area contributed by atoms with E-state index in [4.69, 9.17) is 9.47 Å². The van der Waals surface area contributed by atoms with Crippen LogP contribution in [0.4, 0.5) is 0 Å². The van der Waals surface area contributed by atoms with Gasteiger partial charge in [0.05, 0.1) is 13.2 Å². The molecule has 0 aliphatic rings. The maximum absolute atomic E-state index is 5.17. The zero-order chi connectivity index (χ0) is 13.2. The largest absolute Gasteiger partial charge is 0.384 e. The summed E-state index contributed by atoms with van der Waals surface area (Å²) in [5.74, 6) is 0. The van der Waals surface area contributed by atoms with Crippen molar-refractivity contribution in [3.8, 4) is 0 Å². The molecule has 0 atom stereocenters. The van der Waals surface area contributed by atoms with E-state index in [1.807, 2.05) is 0 Å². The highest BCUT2D eigenvalue weighted by atomic mass is 16.5. The van der Waals surface area contributed by atoms with Crippen LogP contribution >= 0.6 is 0 Å². The molecule has 0 bridgehead atoms. The van der Waals surface area contributed by atoms with Crippen LogP contribution in [0.25, 0.3) is 0 Å². The Morgan fingerprint density at radius 3 is 2.39 bits per heavy atom. The maximum atomic E-state index is 5.17. The molecule has 0 saturated heterocycles. The van der Waals surface area contributed by atoms with Crippen molar-refractivity contribution >= 4 is 0 Å². The number of H-pyrrole nitrogens is 1. The van der Waals surface area contributed by atoms with Gasteiger partial charge < -0.3 is 14.5 Å². The summed E-state index contributed by atoms with van der Waals surface area (Å²) < 4.78 is 10.3. The highest BCUT2D eigenvalue weighted by Crippen LogP contribution is 2.16. The van der Waals surface area contributed by atoms with Gasteiger partial charge in [0.15, 0.2) is 0 Å². The summed E-state index contributed by atoms with van der Waals surface area (Å²) in [5.41, 5.74) is 4.10. The van der Waals surface area contributed by atoms with E-state index in [0.29, 0.717) is 0 Å². The minimum absolute atomic E-state index is 0.776. The number of unbranched alkanes of at least 4 members (excludes halogenated alkanes) is 2. The van der Waals surface area contributed by atoms with Gasteiger partial charge in [0.25, 0.3) is 0 Å². The van der Waals surface area contributed by atoms with Crippen LogP contribution in [0.1, 0.15) is 43.1 Å².